The van der Waals surface area contributed by atoms with Crippen LogP contribution >= 0.6 is 0 Å². The highest BCUT2D eigenvalue weighted by Crippen LogP contribution is 2.45. The van der Waals surface area contributed by atoms with Crippen LogP contribution in [0.3, 0.4) is 0 Å². The lowest BCUT2D eigenvalue weighted by Gasteiger charge is -2.45. The van der Waals surface area contributed by atoms with E-state index in [4.69, 9.17) is 5.73 Å². The van der Waals surface area contributed by atoms with Gasteiger partial charge in [0.1, 0.15) is 0 Å². The minimum absolute atomic E-state index is 0.396. The monoisotopic (exact) mass is 265 g/mol. The van der Waals surface area contributed by atoms with Crippen LogP contribution < -0.4 is 11.1 Å². The molecule has 0 bridgehead atoms. The number of hydrogen-bond donors (Lipinski definition) is 2. The molecule has 3 heteroatoms. The number of rotatable bonds is 2. The fourth-order valence-corrected chi connectivity index (χ4v) is 4.42. The van der Waals surface area contributed by atoms with Gasteiger partial charge in [0.25, 0.3) is 0 Å². The minimum atomic E-state index is 0.396. The molecule has 0 aromatic carbocycles. The van der Waals surface area contributed by atoms with E-state index >= 15 is 0 Å². The summed E-state index contributed by atoms with van der Waals surface area (Å²) in [5.74, 6) is 0.672. The van der Waals surface area contributed by atoms with E-state index in [1.165, 1.54) is 44.9 Å². The Hall–Kier alpha value is -0.730. The molecule has 19 heavy (non-hydrogen) atoms. The highest BCUT2D eigenvalue weighted by molar-refractivity contribution is 5.78. The van der Waals surface area contributed by atoms with Crippen molar-refractivity contribution in [2.24, 2.45) is 21.6 Å². The molecule has 0 spiro atoms. The number of aliphatic imine (C=N–C) groups is 1. The summed E-state index contributed by atoms with van der Waals surface area (Å²) in [6, 6.07) is 0.945. The maximum atomic E-state index is 6.10. The Bertz CT molecular complexity index is 322. The lowest BCUT2D eigenvalue weighted by molar-refractivity contribution is 0.0920. The quantitative estimate of drug-likeness (QED) is 0.593. The standard InChI is InChI=1S/C16H31N3/c1-15(2)9-13(10-16(3,4)11-15)19-14(17)18-12-7-5-6-8-12/h12-13H,5-11H2,1-4H3,(H3,17,18,19). The first-order valence-electron chi connectivity index (χ1n) is 7.86. The van der Waals surface area contributed by atoms with Crippen LogP contribution in [0, 0.1) is 10.8 Å². The SMILES string of the molecule is CC1(C)CC(NC(N)=NC2CCCC2)CC(C)(C)C1. The summed E-state index contributed by atoms with van der Waals surface area (Å²) in [5.41, 5.74) is 6.89. The van der Waals surface area contributed by atoms with Crippen LogP contribution in [0.15, 0.2) is 4.99 Å². The van der Waals surface area contributed by atoms with Gasteiger partial charge in [-0.25, -0.2) is 0 Å². The Balaban J connectivity index is 1.94. The van der Waals surface area contributed by atoms with Crippen molar-refractivity contribution in [2.75, 3.05) is 0 Å². The zero-order valence-corrected chi connectivity index (χ0v) is 13.1. The molecule has 0 heterocycles. The van der Waals surface area contributed by atoms with Crippen LogP contribution in [0.1, 0.15) is 72.6 Å². The topological polar surface area (TPSA) is 50.4 Å². The van der Waals surface area contributed by atoms with E-state index in [9.17, 15) is 0 Å². The van der Waals surface area contributed by atoms with Gasteiger partial charge in [-0.05, 0) is 42.9 Å². The molecular formula is C16H31N3. The van der Waals surface area contributed by atoms with Gasteiger partial charge in [0, 0.05) is 6.04 Å². The van der Waals surface area contributed by atoms with E-state index in [-0.39, 0.29) is 0 Å². The molecule has 0 unspecified atom stereocenters. The zero-order chi connectivity index (χ0) is 14.1. The van der Waals surface area contributed by atoms with Crippen molar-refractivity contribution in [3.8, 4) is 0 Å². The highest BCUT2D eigenvalue weighted by atomic mass is 15.1. The Labute approximate surface area is 118 Å². The first kappa shape index (κ1) is 14.7. The third kappa shape index (κ3) is 4.39. The van der Waals surface area contributed by atoms with E-state index < -0.39 is 0 Å². The largest absolute Gasteiger partial charge is 0.370 e. The van der Waals surface area contributed by atoms with Crippen molar-refractivity contribution >= 4 is 5.96 Å². The lowest BCUT2D eigenvalue weighted by atomic mass is 9.63. The van der Waals surface area contributed by atoms with Crippen LogP contribution in [0.5, 0.6) is 0 Å². The Morgan fingerprint density at radius 1 is 1.05 bits per heavy atom. The number of nitrogens with one attached hydrogen (secondary N) is 1. The maximum Gasteiger partial charge on any atom is 0.189 e. The second kappa shape index (κ2) is 5.34. The molecular weight excluding hydrogens is 234 g/mol. The number of nitrogens with two attached hydrogens (primary N) is 1. The van der Waals surface area contributed by atoms with E-state index in [2.05, 4.69) is 38.0 Å². The van der Waals surface area contributed by atoms with Crippen molar-refractivity contribution in [1.82, 2.24) is 5.32 Å². The van der Waals surface area contributed by atoms with Crippen molar-refractivity contribution in [3.05, 3.63) is 0 Å². The van der Waals surface area contributed by atoms with Gasteiger partial charge in [0.15, 0.2) is 5.96 Å². The van der Waals surface area contributed by atoms with Crippen LogP contribution in [0.4, 0.5) is 0 Å². The number of guanidine groups is 1. The maximum absolute atomic E-state index is 6.10. The molecule has 3 nitrogen and oxygen atoms in total. The predicted octanol–water partition coefficient (Wildman–Crippen LogP) is 3.44. The van der Waals surface area contributed by atoms with Crippen molar-refractivity contribution in [1.29, 1.82) is 0 Å². The Morgan fingerprint density at radius 3 is 2.11 bits per heavy atom. The molecule has 3 N–H and O–H groups in total. The van der Waals surface area contributed by atoms with E-state index in [0.717, 1.165) is 0 Å². The third-order valence-corrected chi connectivity index (χ3v) is 4.55. The molecule has 0 atom stereocenters. The summed E-state index contributed by atoms with van der Waals surface area (Å²) >= 11 is 0. The summed E-state index contributed by atoms with van der Waals surface area (Å²) in [6.07, 6.45) is 8.72. The summed E-state index contributed by atoms with van der Waals surface area (Å²) in [5, 5.41) is 3.48. The normalized spacial score (nSPS) is 28.5. The highest BCUT2D eigenvalue weighted by Gasteiger charge is 2.38. The van der Waals surface area contributed by atoms with E-state index in [1.54, 1.807) is 0 Å². The summed E-state index contributed by atoms with van der Waals surface area (Å²) in [4.78, 5) is 4.65. The van der Waals surface area contributed by atoms with Crippen LogP contribution in [-0.2, 0) is 0 Å². The second-order valence-corrected chi connectivity index (χ2v) is 8.21. The molecule has 2 rings (SSSR count). The average Bonchev–Trinajstić information content (AvgIpc) is 2.63. The van der Waals surface area contributed by atoms with Crippen LogP contribution in [-0.4, -0.2) is 18.0 Å². The lowest BCUT2D eigenvalue weighted by Crippen LogP contribution is -2.48. The second-order valence-electron chi connectivity index (χ2n) is 8.21. The Morgan fingerprint density at radius 2 is 1.58 bits per heavy atom. The fraction of sp³-hybridized carbons (Fsp3) is 0.938. The van der Waals surface area contributed by atoms with Gasteiger partial charge in [-0.1, -0.05) is 40.5 Å². The van der Waals surface area contributed by atoms with Gasteiger partial charge in [-0.3, -0.25) is 4.99 Å². The smallest absolute Gasteiger partial charge is 0.189 e. The molecule has 110 valence electrons. The summed E-state index contributed by atoms with van der Waals surface area (Å²) < 4.78 is 0. The molecule has 0 aromatic heterocycles. The van der Waals surface area contributed by atoms with Crippen molar-refractivity contribution < 1.29 is 0 Å². The van der Waals surface area contributed by atoms with Gasteiger partial charge >= 0.3 is 0 Å². The summed E-state index contributed by atoms with van der Waals surface area (Å²) in [6.45, 7) is 9.47. The fourth-order valence-electron chi connectivity index (χ4n) is 4.42. The Kier molecular flexibility index (Phi) is 4.12. The molecule has 0 aromatic rings. The molecule has 0 amide bonds. The van der Waals surface area contributed by atoms with E-state index in [1.807, 2.05) is 0 Å². The van der Waals surface area contributed by atoms with Gasteiger partial charge in [0.2, 0.25) is 0 Å². The molecule has 0 saturated heterocycles. The molecule has 0 radical (unpaired) electrons. The van der Waals surface area contributed by atoms with Gasteiger partial charge in [-0.15, -0.1) is 0 Å². The van der Waals surface area contributed by atoms with Crippen LogP contribution in [0.2, 0.25) is 0 Å². The minimum Gasteiger partial charge on any atom is -0.370 e. The molecule has 2 aliphatic carbocycles. The van der Waals surface area contributed by atoms with Gasteiger partial charge < -0.3 is 11.1 Å². The predicted molar refractivity (Wildman–Crippen MR) is 82.2 cm³/mol. The van der Waals surface area contributed by atoms with E-state index in [0.29, 0.717) is 28.9 Å². The molecule has 2 fully saturated rings. The molecule has 2 aliphatic rings. The number of nitrogens with zero attached hydrogens (tertiary/aromatic N) is 1. The van der Waals surface area contributed by atoms with Crippen molar-refractivity contribution in [3.63, 3.8) is 0 Å². The third-order valence-electron chi connectivity index (χ3n) is 4.55. The molecule has 0 aliphatic heterocycles. The average molecular weight is 265 g/mol. The first-order valence-corrected chi connectivity index (χ1v) is 7.86. The van der Waals surface area contributed by atoms with Crippen LogP contribution in [0.25, 0.3) is 0 Å². The van der Waals surface area contributed by atoms with Gasteiger partial charge in [0.05, 0.1) is 6.04 Å². The van der Waals surface area contributed by atoms with Gasteiger partial charge in [-0.2, -0.15) is 0 Å². The molecule has 2 saturated carbocycles. The number of hydrogen-bond acceptors (Lipinski definition) is 1. The van der Waals surface area contributed by atoms with Crippen molar-refractivity contribution in [2.45, 2.75) is 84.7 Å². The first-order chi connectivity index (χ1) is 8.76. The zero-order valence-electron chi connectivity index (χ0n) is 13.1. The summed E-state index contributed by atoms with van der Waals surface area (Å²) in [7, 11) is 0.